The third-order valence-corrected chi connectivity index (χ3v) is 4.26. The molecule has 8 heteroatoms. The molecule has 1 aromatic heterocycles. The van der Waals surface area contributed by atoms with E-state index in [1.54, 1.807) is 5.38 Å². The molecule has 116 valence electrons. The van der Waals surface area contributed by atoms with E-state index < -0.39 is 30.6 Å². The minimum Gasteiger partial charge on any atom is -0.339 e. The number of nitrogens with zero attached hydrogens (tertiary/aromatic N) is 1. The molecule has 0 saturated carbocycles. The lowest BCUT2D eigenvalue weighted by molar-refractivity contribution is -0.157. The van der Waals surface area contributed by atoms with Gasteiger partial charge in [-0.1, -0.05) is 6.92 Å². The molecule has 1 fully saturated rings. The molecule has 1 aliphatic rings. The summed E-state index contributed by atoms with van der Waals surface area (Å²) in [7, 11) is 0. The van der Waals surface area contributed by atoms with E-state index in [2.05, 4.69) is 5.32 Å². The van der Waals surface area contributed by atoms with Crippen LogP contribution in [0.3, 0.4) is 0 Å². The molecule has 0 aromatic carbocycles. The molecule has 1 saturated heterocycles. The topological polar surface area (TPSA) is 49.4 Å². The maximum atomic E-state index is 12.3. The van der Waals surface area contributed by atoms with Gasteiger partial charge in [0.15, 0.2) is 0 Å². The number of hydrogen-bond acceptors (Lipinski definition) is 3. The predicted molar refractivity (Wildman–Crippen MR) is 72.2 cm³/mol. The second-order valence-corrected chi connectivity index (χ2v) is 5.73. The summed E-state index contributed by atoms with van der Waals surface area (Å²) in [6, 6.07) is 0.957. The highest BCUT2D eigenvalue weighted by Gasteiger charge is 2.39. The summed E-state index contributed by atoms with van der Waals surface area (Å²) in [6.45, 7) is 0.649. The average molecular weight is 320 g/mol. The fraction of sp³-hybridized carbons (Fsp3) is 0.538. The van der Waals surface area contributed by atoms with Crippen LogP contribution in [0.25, 0.3) is 0 Å². The van der Waals surface area contributed by atoms with Gasteiger partial charge < -0.3 is 10.2 Å². The van der Waals surface area contributed by atoms with Crippen LogP contribution in [-0.4, -0.2) is 42.0 Å². The molecule has 1 aromatic rings. The molecule has 1 aliphatic heterocycles. The highest BCUT2D eigenvalue weighted by molar-refractivity contribution is 7.12. The van der Waals surface area contributed by atoms with Gasteiger partial charge in [0, 0.05) is 6.54 Å². The quantitative estimate of drug-likeness (QED) is 0.925. The van der Waals surface area contributed by atoms with Gasteiger partial charge in [-0.25, -0.2) is 0 Å². The first-order valence-corrected chi connectivity index (χ1v) is 7.42. The number of nitrogens with one attached hydrogen (secondary N) is 1. The second kappa shape index (κ2) is 6.05. The Balaban J connectivity index is 1.98. The van der Waals surface area contributed by atoms with Crippen molar-refractivity contribution >= 4 is 23.2 Å². The number of alkyl halides is 3. The average Bonchev–Trinajstić information content (AvgIpc) is 2.98. The van der Waals surface area contributed by atoms with Crippen LogP contribution < -0.4 is 5.32 Å². The first-order valence-electron chi connectivity index (χ1n) is 6.54. The molecule has 1 atom stereocenters. The molecule has 0 aliphatic carbocycles. The molecular weight excluding hydrogens is 305 g/mol. The Labute approximate surface area is 123 Å². The number of carbonyl (C=O) groups is 2. The summed E-state index contributed by atoms with van der Waals surface area (Å²) < 4.78 is 36.9. The molecule has 0 spiro atoms. The van der Waals surface area contributed by atoms with Crippen LogP contribution in [-0.2, 0) is 11.2 Å². The van der Waals surface area contributed by atoms with Crippen LogP contribution in [0.1, 0.15) is 28.6 Å². The zero-order valence-corrected chi connectivity index (χ0v) is 12.2. The molecule has 0 radical (unpaired) electrons. The van der Waals surface area contributed by atoms with E-state index in [4.69, 9.17) is 0 Å². The normalized spacial score (nSPS) is 19.1. The number of likely N-dealkylation sites (tertiary alicyclic amines) is 1. The Bertz CT molecular complexity index is 542. The van der Waals surface area contributed by atoms with Crippen LogP contribution in [0.2, 0.25) is 0 Å². The van der Waals surface area contributed by atoms with Gasteiger partial charge in [-0.2, -0.15) is 13.2 Å². The van der Waals surface area contributed by atoms with Crippen molar-refractivity contribution in [1.82, 2.24) is 10.2 Å². The van der Waals surface area contributed by atoms with Crippen LogP contribution in [0.5, 0.6) is 0 Å². The van der Waals surface area contributed by atoms with E-state index in [0.717, 1.165) is 10.5 Å². The zero-order valence-electron chi connectivity index (χ0n) is 11.4. The second-order valence-electron chi connectivity index (χ2n) is 4.82. The molecule has 4 nitrogen and oxygen atoms in total. The van der Waals surface area contributed by atoms with E-state index in [9.17, 15) is 22.8 Å². The molecule has 0 bridgehead atoms. The molecule has 2 heterocycles. The summed E-state index contributed by atoms with van der Waals surface area (Å²) in [5.41, 5.74) is 0.870. The molecule has 2 amide bonds. The van der Waals surface area contributed by atoms with Crippen LogP contribution in [0, 0.1) is 0 Å². The first kappa shape index (κ1) is 15.8. The van der Waals surface area contributed by atoms with Gasteiger partial charge in [0.05, 0.1) is 4.88 Å². The maximum Gasteiger partial charge on any atom is 0.406 e. The van der Waals surface area contributed by atoms with Crippen LogP contribution >= 0.6 is 11.3 Å². The zero-order chi connectivity index (χ0) is 15.6. The number of halogens is 3. The van der Waals surface area contributed by atoms with E-state index in [-0.39, 0.29) is 13.0 Å². The monoisotopic (exact) mass is 320 g/mol. The van der Waals surface area contributed by atoms with Gasteiger partial charge in [0.1, 0.15) is 12.6 Å². The van der Waals surface area contributed by atoms with Crippen LogP contribution in [0.15, 0.2) is 11.4 Å². The molecular formula is C13H15F3N2O2S. The lowest BCUT2D eigenvalue weighted by atomic mass is 10.2. The lowest BCUT2D eigenvalue weighted by Crippen LogP contribution is -2.43. The minimum absolute atomic E-state index is 0.00830. The van der Waals surface area contributed by atoms with Crippen molar-refractivity contribution in [3.63, 3.8) is 0 Å². The van der Waals surface area contributed by atoms with E-state index in [1.807, 2.05) is 13.0 Å². The number of hydrogen-bond donors (Lipinski definition) is 1. The Morgan fingerprint density at radius 2 is 2.24 bits per heavy atom. The van der Waals surface area contributed by atoms with Crippen molar-refractivity contribution in [1.29, 1.82) is 0 Å². The molecule has 0 unspecified atom stereocenters. The molecule has 1 N–H and O–H groups in total. The summed E-state index contributed by atoms with van der Waals surface area (Å²) in [4.78, 5) is 25.2. The SMILES string of the molecule is CCc1ccsc1C(=O)N[C@H]1CCN(CC(F)(F)F)C1=O. The van der Waals surface area contributed by atoms with Gasteiger partial charge in [0.25, 0.3) is 5.91 Å². The number of aryl methyl sites for hydroxylation is 1. The van der Waals surface area contributed by atoms with Crippen molar-refractivity contribution in [2.24, 2.45) is 0 Å². The summed E-state index contributed by atoms with van der Waals surface area (Å²) in [5, 5.41) is 4.31. The van der Waals surface area contributed by atoms with E-state index >= 15 is 0 Å². The molecule has 21 heavy (non-hydrogen) atoms. The van der Waals surface area contributed by atoms with Gasteiger partial charge in [-0.15, -0.1) is 11.3 Å². The van der Waals surface area contributed by atoms with Crippen molar-refractivity contribution < 1.29 is 22.8 Å². The number of amides is 2. The Kier molecular flexibility index (Phi) is 4.55. The Morgan fingerprint density at radius 1 is 1.52 bits per heavy atom. The summed E-state index contributed by atoms with van der Waals surface area (Å²) in [5.74, 6) is -1.07. The van der Waals surface area contributed by atoms with Crippen LogP contribution in [0.4, 0.5) is 13.2 Å². The highest BCUT2D eigenvalue weighted by Crippen LogP contribution is 2.22. The lowest BCUT2D eigenvalue weighted by Gasteiger charge is -2.18. The van der Waals surface area contributed by atoms with E-state index in [0.29, 0.717) is 11.3 Å². The maximum absolute atomic E-state index is 12.3. The van der Waals surface area contributed by atoms with Gasteiger partial charge in [0.2, 0.25) is 5.91 Å². The molecule has 2 rings (SSSR count). The smallest absolute Gasteiger partial charge is 0.339 e. The summed E-state index contributed by atoms with van der Waals surface area (Å²) >= 11 is 1.26. The largest absolute Gasteiger partial charge is 0.406 e. The third-order valence-electron chi connectivity index (χ3n) is 3.31. The predicted octanol–water partition coefficient (Wildman–Crippen LogP) is 2.20. The van der Waals surface area contributed by atoms with Crippen molar-refractivity contribution in [2.45, 2.75) is 32.0 Å². The standard InChI is InChI=1S/C13H15F3N2O2S/c1-2-8-4-6-21-10(8)11(19)17-9-3-5-18(12(9)20)7-13(14,15)16/h4,6,9H,2-3,5,7H2,1H3,(H,17,19)/t9-/m0/s1. The number of thiophene rings is 1. The van der Waals surface area contributed by atoms with Gasteiger partial charge >= 0.3 is 6.18 Å². The fourth-order valence-electron chi connectivity index (χ4n) is 2.28. The fourth-order valence-corrected chi connectivity index (χ4v) is 3.18. The van der Waals surface area contributed by atoms with Crippen molar-refractivity contribution in [2.75, 3.05) is 13.1 Å². The van der Waals surface area contributed by atoms with Gasteiger partial charge in [-0.05, 0) is 29.9 Å². The third kappa shape index (κ3) is 3.75. The van der Waals surface area contributed by atoms with E-state index in [1.165, 1.54) is 11.3 Å². The number of carbonyl (C=O) groups excluding carboxylic acids is 2. The van der Waals surface area contributed by atoms with Crippen molar-refractivity contribution in [3.8, 4) is 0 Å². The minimum atomic E-state index is -4.42. The van der Waals surface area contributed by atoms with Gasteiger partial charge in [-0.3, -0.25) is 9.59 Å². The first-order chi connectivity index (χ1) is 9.81. The highest BCUT2D eigenvalue weighted by atomic mass is 32.1. The number of rotatable bonds is 4. The summed E-state index contributed by atoms with van der Waals surface area (Å²) in [6.07, 6.45) is -3.53. The van der Waals surface area contributed by atoms with Crippen molar-refractivity contribution in [3.05, 3.63) is 21.9 Å². The Hall–Kier alpha value is -1.57. The Morgan fingerprint density at radius 3 is 2.86 bits per heavy atom.